The largest absolute Gasteiger partial charge is 0.490 e. The molecule has 408 valence electrons. The Hall–Kier alpha value is -7.31. The van der Waals surface area contributed by atoms with Crippen LogP contribution in [-0.4, -0.2) is 146 Å². The molecule has 2 aliphatic rings. The van der Waals surface area contributed by atoms with Crippen LogP contribution >= 0.6 is 0 Å². The molecule has 1 aliphatic carbocycles. The minimum Gasteiger partial charge on any atom is -0.490 e. The van der Waals surface area contributed by atoms with Gasteiger partial charge in [-0.25, -0.2) is 15.1 Å². The molecule has 1 saturated carbocycles. The minimum absolute atomic E-state index is 0.0218. The molecular formula is C51H66N12O12S. The maximum atomic E-state index is 15.0. The molecule has 1 fully saturated rings. The van der Waals surface area contributed by atoms with Gasteiger partial charge in [0.05, 0.1) is 29.1 Å². The molecule has 3 aromatic carbocycles. The van der Waals surface area contributed by atoms with E-state index in [2.05, 4.69) is 36.0 Å². The Bertz CT molecular complexity index is 2870. The van der Waals surface area contributed by atoms with Crippen molar-refractivity contribution in [3.05, 3.63) is 88.7 Å². The fourth-order valence-electron chi connectivity index (χ4n) is 8.74. The second kappa shape index (κ2) is 26.4. The highest BCUT2D eigenvalue weighted by molar-refractivity contribution is 7.87. The van der Waals surface area contributed by atoms with Gasteiger partial charge >= 0.3 is 0 Å². The van der Waals surface area contributed by atoms with Gasteiger partial charge < -0.3 is 62.1 Å². The Morgan fingerprint density at radius 3 is 2.08 bits per heavy atom. The highest BCUT2D eigenvalue weighted by Crippen LogP contribution is 2.40. The number of aromatic nitrogens is 2. The lowest BCUT2D eigenvalue weighted by molar-refractivity contribution is -0.141. The molecule has 13 N–H and O–H groups in total. The average molecular weight is 1070 g/mol. The summed E-state index contributed by atoms with van der Waals surface area (Å²) in [5, 5.41) is 45.7. The number of ether oxygens (including phenoxy) is 3. The van der Waals surface area contributed by atoms with Crippen molar-refractivity contribution in [2.75, 3.05) is 46.4 Å². The maximum Gasteiger partial charge on any atom is 0.274 e. The van der Waals surface area contributed by atoms with Crippen molar-refractivity contribution >= 4 is 39.7 Å². The zero-order chi connectivity index (χ0) is 55.3. The SMILES string of the molecule is Cc1nc(-c2ccc(OC3CCCCC3)cc2)nc(C)c1C(=O)N[C@@H](CNS(N)(=O)=O)C(=O)N(C)[C@@H]1C(=O)N[C@@H](C)C(=O)N[C@H](C(=O)NCC#N)Cc2ccc(OC[C@H](O)CN)c(c2)-c2cc1ccc2OC[C@H](O)CN. The number of aryl methyl sites for hydroxylation is 2. The summed E-state index contributed by atoms with van der Waals surface area (Å²) in [6.07, 6.45) is 3.20. The number of rotatable bonds is 20. The summed E-state index contributed by atoms with van der Waals surface area (Å²) in [4.78, 5) is 81.5. The summed E-state index contributed by atoms with van der Waals surface area (Å²) in [5.41, 5.74) is 13.5. The summed E-state index contributed by atoms with van der Waals surface area (Å²) < 4.78 is 45.1. The third-order valence-electron chi connectivity index (χ3n) is 12.8. The predicted octanol–water partition coefficient (Wildman–Crippen LogP) is -0.188. The van der Waals surface area contributed by atoms with Crippen LogP contribution in [0.3, 0.4) is 0 Å². The summed E-state index contributed by atoms with van der Waals surface area (Å²) in [6.45, 7) is 2.41. The van der Waals surface area contributed by atoms with E-state index >= 15 is 0 Å². The maximum absolute atomic E-state index is 15.0. The zero-order valence-electron chi connectivity index (χ0n) is 42.7. The first-order valence-corrected chi connectivity index (χ1v) is 26.3. The van der Waals surface area contributed by atoms with Crippen molar-refractivity contribution in [2.24, 2.45) is 16.6 Å². The summed E-state index contributed by atoms with van der Waals surface area (Å²) in [7, 11) is -3.27. The number of hydrogen-bond donors (Lipinski definition) is 10. The van der Waals surface area contributed by atoms with E-state index in [1.165, 1.54) is 44.7 Å². The summed E-state index contributed by atoms with van der Waals surface area (Å²) >= 11 is 0. The van der Waals surface area contributed by atoms with Gasteiger partial charge in [-0.05, 0) is 106 Å². The third-order valence-corrected chi connectivity index (χ3v) is 13.3. The molecule has 4 bridgehead atoms. The van der Waals surface area contributed by atoms with Gasteiger partial charge in [-0.2, -0.15) is 18.4 Å². The van der Waals surface area contributed by atoms with Crippen molar-refractivity contribution in [1.82, 2.24) is 40.9 Å². The molecule has 25 heteroatoms. The van der Waals surface area contributed by atoms with Gasteiger partial charge in [-0.1, -0.05) is 18.6 Å². The van der Waals surface area contributed by atoms with Gasteiger partial charge in [-0.15, -0.1) is 0 Å². The highest BCUT2D eigenvalue weighted by atomic mass is 32.2. The Balaban J connectivity index is 1.41. The molecule has 0 unspecified atom stereocenters. The molecule has 0 saturated heterocycles. The second-order valence-electron chi connectivity index (χ2n) is 18.6. The minimum atomic E-state index is -4.49. The topological polar surface area (TPSA) is 379 Å². The number of amides is 5. The van der Waals surface area contributed by atoms with E-state index in [-0.39, 0.29) is 90.5 Å². The lowest BCUT2D eigenvalue weighted by Gasteiger charge is -2.33. The van der Waals surface area contributed by atoms with E-state index in [9.17, 15) is 47.9 Å². The number of carbonyl (C=O) groups is 5. The van der Waals surface area contributed by atoms with Gasteiger partial charge in [-0.3, -0.25) is 24.0 Å². The Kier molecular flexibility index (Phi) is 20.2. The van der Waals surface area contributed by atoms with Crippen molar-refractivity contribution in [3.8, 4) is 45.8 Å². The van der Waals surface area contributed by atoms with Crippen LogP contribution in [0.1, 0.15) is 77.9 Å². The third kappa shape index (κ3) is 15.4. The van der Waals surface area contributed by atoms with Crippen LogP contribution < -0.4 is 56.8 Å². The molecule has 1 aromatic heterocycles. The van der Waals surface area contributed by atoms with E-state index in [4.69, 9.17) is 30.8 Å². The first-order valence-electron chi connectivity index (χ1n) is 24.7. The van der Waals surface area contributed by atoms with Crippen LogP contribution in [0.2, 0.25) is 0 Å². The number of likely N-dealkylation sites (N-methyl/N-ethyl adjacent to an activating group) is 1. The van der Waals surface area contributed by atoms with Crippen LogP contribution in [0, 0.1) is 25.2 Å². The first-order chi connectivity index (χ1) is 36.2. The van der Waals surface area contributed by atoms with Gasteiger partial charge in [0.25, 0.3) is 16.1 Å². The van der Waals surface area contributed by atoms with Crippen molar-refractivity contribution in [1.29, 1.82) is 5.26 Å². The van der Waals surface area contributed by atoms with Crippen LogP contribution in [0.4, 0.5) is 0 Å². The van der Waals surface area contributed by atoms with Crippen LogP contribution in [0.15, 0.2) is 60.7 Å². The second-order valence-corrected chi connectivity index (χ2v) is 20.0. The quantitative estimate of drug-likeness (QED) is 0.0513. The van der Waals surface area contributed by atoms with E-state index < -0.39 is 82.7 Å². The number of nitriles is 1. The standard InChI is InChI=1S/C51H66N12O12S/c1-28-44(29(2)59-46(58-28)32-11-14-37(15-12-32)75-36-8-6-5-7-9-36)49(68)62-41(25-57-76(55,71)72)51(70)63(4)45-33-13-17-43(74-27-35(65)24-54)39(22-33)38-20-31(10-16-42(38)73-26-34(64)23-53)21-40(48(67)56-19-18-52)61-47(66)30(3)60-50(45)69/h10-17,20,22,30,34-36,40-41,45,57,64-65H,5-9,19,21,23-27,53-54H2,1-4H3,(H,56,67)(H,60,69)(H,61,66)(H,62,68)(H2,55,71,72)/t30-,34+,35+,40-,41-,45-/m0/s1. The van der Waals surface area contributed by atoms with Gasteiger partial charge in [0.2, 0.25) is 23.6 Å². The molecule has 5 amide bonds. The van der Waals surface area contributed by atoms with Crippen molar-refractivity contribution < 1.29 is 56.8 Å². The molecule has 0 radical (unpaired) electrons. The molecule has 2 heterocycles. The Labute approximate surface area is 440 Å². The monoisotopic (exact) mass is 1070 g/mol. The first kappa shape index (κ1) is 58.0. The highest BCUT2D eigenvalue weighted by Gasteiger charge is 2.37. The Morgan fingerprint density at radius 1 is 0.882 bits per heavy atom. The average Bonchev–Trinajstić information content (AvgIpc) is 3.39. The van der Waals surface area contributed by atoms with Crippen LogP contribution in [-0.2, 0) is 35.8 Å². The summed E-state index contributed by atoms with van der Waals surface area (Å²) in [6, 6.07) is 12.1. The lowest BCUT2D eigenvalue weighted by atomic mass is 9.93. The van der Waals surface area contributed by atoms with Gasteiger partial charge in [0, 0.05) is 49.8 Å². The molecule has 24 nitrogen and oxygen atoms in total. The van der Waals surface area contributed by atoms with E-state index in [1.807, 2.05) is 30.3 Å². The number of aliphatic hydroxyl groups excluding tert-OH is 2. The Morgan fingerprint density at radius 2 is 1.49 bits per heavy atom. The number of aliphatic hydroxyl groups is 2. The van der Waals surface area contributed by atoms with E-state index in [0.717, 1.165) is 30.6 Å². The fourth-order valence-corrected chi connectivity index (χ4v) is 9.14. The van der Waals surface area contributed by atoms with E-state index in [0.29, 0.717) is 22.7 Å². The van der Waals surface area contributed by atoms with Crippen LogP contribution in [0.5, 0.6) is 17.2 Å². The number of nitrogens with one attached hydrogen (secondary N) is 5. The lowest BCUT2D eigenvalue weighted by Crippen LogP contribution is -2.57. The van der Waals surface area contributed by atoms with Crippen LogP contribution in [0.25, 0.3) is 22.5 Å². The molecule has 1 aliphatic heterocycles. The smallest absolute Gasteiger partial charge is 0.274 e. The molecule has 0 spiro atoms. The number of nitrogens with two attached hydrogens (primary N) is 3. The molecule has 6 rings (SSSR count). The molecule has 6 atom stereocenters. The molecular weight excluding hydrogens is 1000 g/mol. The molecule has 76 heavy (non-hydrogen) atoms. The number of nitrogens with zero attached hydrogens (tertiary/aromatic N) is 4. The number of carbonyl (C=O) groups excluding carboxylic acids is 5. The number of benzene rings is 3. The zero-order valence-corrected chi connectivity index (χ0v) is 43.5. The van der Waals surface area contributed by atoms with E-state index in [1.54, 1.807) is 26.0 Å². The fraction of sp³-hybridized carbons (Fsp3) is 0.451. The van der Waals surface area contributed by atoms with Gasteiger partial charge in [0.15, 0.2) is 5.82 Å². The normalized spacial score (nSPS) is 18.3. The molecule has 4 aromatic rings. The summed E-state index contributed by atoms with van der Waals surface area (Å²) in [5.74, 6) is -3.11. The number of fused-ring (bicyclic) bond motifs is 5. The predicted molar refractivity (Wildman–Crippen MR) is 277 cm³/mol. The number of hydrogen-bond acceptors (Lipinski definition) is 17. The van der Waals surface area contributed by atoms with Crippen molar-refractivity contribution in [2.45, 2.75) is 102 Å². The van der Waals surface area contributed by atoms with Crippen molar-refractivity contribution in [3.63, 3.8) is 0 Å². The van der Waals surface area contributed by atoms with Gasteiger partial charge in [0.1, 0.15) is 73.4 Å².